The Morgan fingerprint density at radius 2 is 2.14 bits per heavy atom. The number of nitrogens with zero attached hydrogens (tertiary/aromatic N) is 3. The SMILES string of the molecule is CCC(=O)N1CCC(NC(=NC)NCC(c2cccc(Cl)c2)N2CCOCC2)C1. The largest absolute Gasteiger partial charge is 0.379 e. The number of benzene rings is 1. The van der Waals surface area contributed by atoms with Crippen molar-refractivity contribution >= 4 is 23.5 Å². The highest BCUT2D eigenvalue weighted by molar-refractivity contribution is 6.30. The van der Waals surface area contributed by atoms with Crippen LogP contribution in [0.4, 0.5) is 0 Å². The molecule has 0 radical (unpaired) electrons. The molecule has 1 amide bonds. The predicted molar refractivity (Wildman–Crippen MR) is 116 cm³/mol. The van der Waals surface area contributed by atoms with Gasteiger partial charge in [-0.1, -0.05) is 30.7 Å². The molecule has 0 aliphatic carbocycles. The number of halogens is 1. The van der Waals surface area contributed by atoms with Crippen LogP contribution in [0.2, 0.25) is 5.02 Å². The van der Waals surface area contributed by atoms with E-state index >= 15 is 0 Å². The molecule has 1 aromatic carbocycles. The third-order valence-corrected chi connectivity index (χ3v) is 5.83. The molecule has 2 heterocycles. The zero-order valence-electron chi connectivity index (χ0n) is 17.4. The Balaban J connectivity index is 1.61. The number of ether oxygens (including phenoxy) is 1. The minimum absolute atomic E-state index is 0.179. The maximum Gasteiger partial charge on any atom is 0.222 e. The van der Waals surface area contributed by atoms with Crippen LogP contribution in [0.25, 0.3) is 0 Å². The topological polar surface area (TPSA) is 69.2 Å². The number of aliphatic imine (C=N–C) groups is 1. The van der Waals surface area contributed by atoms with Gasteiger partial charge in [0, 0.05) is 57.3 Å². The molecule has 0 saturated carbocycles. The van der Waals surface area contributed by atoms with Crippen LogP contribution in [-0.2, 0) is 9.53 Å². The minimum atomic E-state index is 0.179. The first-order valence-electron chi connectivity index (χ1n) is 10.4. The molecule has 2 aliphatic heterocycles. The molecule has 2 N–H and O–H groups in total. The van der Waals surface area contributed by atoms with Crippen LogP contribution in [0.5, 0.6) is 0 Å². The normalized spacial score (nSPS) is 21.8. The number of nitrogens with one attached hydrogen (secondary N) is 2. The average molecular weight is 422 g/mol. The van der Waals surface area contributed by atoms with E-state index in [2.05, 4.69) is 26.6 Å². The number of hydrogen-bond acceptors (Lipinski definition) is 4. The van der Waals surface area contributed by atoms with Crippen LogP contribution in [0, 0.1) is 0 Å². The Hall–Kier alpha value is -1.83. The number of carbonyl (C=O) groups excluding carboxylic acids is 1. The molecule has 29 heavy (non-hydrogen) atoms. The molecule has 8 heteroatoms. The second-order valence-corrected chi connectivity index (χ2v) is 7.93. The van der Waals surface area contributed by atoms with Crippen molar-refractivity contribution in [1.29, 1.82) is 0 Å². The summed E-state index contributed by atoms with van der Waals surface area (Å²) >= 11 is 6.25. The van der Waals surface area contributed by atoms with Crippen molar-refractivity contribution in [2.24, 2.45) is 4.99 Å². The summed E-state index contributed by atoms with van der Waals surface area (Å²) in [6.45, 7) is 7.42. The quantitative estimate of drug-likeness (QED) is 0.542. The van der Waals surface area contributed by atoms with Crippen LogP contribution in [0.1, 0.15) is 31.4 Å². The van der Waals surface area contributed by atoms with E-state index in [0.29, 0.717) is 13.0 Å². The number of guanidine groups is 1. The van der Waals surface area contributed by atoms with Gasteiger partial charge in [-0.25, -0.2) is 0 Å². The molecule has 1 aromatic rings. The summed E-state index contributed by atoms with van der Waals surface area (Å²) in [5, 5.41) is 7.70. The first kappa shape index (κ1) is 21.9. The van der Waals surface area contributed by atoms with Crippen molar-refractivity contribution in [3.63, 3.8) is 0 Å². The van der Waals surface area contributed by atoms with Crippen LogP contribution in [0.15, 0.2) is 29.3 Å². The lowest BCUT2D eigenvalue weighted by molar-refractivity contribution is -0.129. The van der Waals surface area contributed by atoms with E-state index in [0.717, 1.165) is 56.8 Å². The lowest BCUT2D eigenvalue weighted by Crippen LogP contribution is -2.49. The lowest BCUT2D eigenvalue weighted by atomic mass is 10.0. The summed E-state index contributed by atoms with van der Waals surface area (Å²) in [6, 6.07) is 8.46. The third kappa shape index (κ3) is 6.07. The fourth-order valence-electron chi connectivity index (χ4n) is 3.97. The summed E-state index contributed by atoms with van der Waals surface area (Å²) in [4.78, 5) is 20.7. The highest BCUT2D eigenvalue weighted by Crippen LogP contribution is 2.24. The first-order valence-corrected chi connectivity index (χ1v) is 10.8. The van der Waals surface area contributed by atoms with Gasteiger partial charge in [-0.2, -0.15) is 0 Å². The number of morpholine rings is 1. The van der Waals surface area contributed by atoms with Crippen molar-refractivity contribution < 1.29 is 9.53 Å². The molecular formula is C21H32ClN5O2. The van der Waals surface area contributed by atoms with Crippen molar-refractivity contribution in [1.82, 2.24) is 20.4 Å². The van der Waals surface area contributed by atoms with Gasteiger partial charge >= 0.3 is 0 Å². The summed E-state index contributed by atoms with van der Waals surface area (Å²) in [7, 11) is 1.78. The highest BCUT2D eigenvalue weighted by Gasteiger charge is 2.27. The third-order valence-electron chi connectivity index (χ3n) is 5.59. The zero-order chi connectivity index (χ0) is 20.6. The van der Waals surface area contributed by atoms with Crippen molar-refractivity contribution in [3.8, 4) is 0 Å². The first-order chi connectivity index (χ1) is 14.1. The fourth-order valence-corrected chi connectivity index (χ4v) is 4.17. The Bertz CT molecular complexity index is 708. The predicted octanol–water partition coefficient (Wildman–Crippen LogP) is 1.89. The molecule has 2 atom stereocenters. The minimum Gasteiger partial charge on any atom is -0.379 e. The number of amides is 1. The molecule has 0 aromatic heterocycles. The summed E-state index contributed by atoms with van der Waals surface area (Å²) in [6.07, 6.45) is 1.49. The highest BCUT2D eigenvalue weighted by atomic mass is 35.5. The van der Waals surface area contributed by atoms with Crippen molar-refractivity contribution in [3.05, 3.63) is 34.9 Å². The summed E-state index contributed by atoms with van der Waals surface area (Å²) in [5.41, 5.74) is 1.18. The molecule has 3 rings (SSSR count). The number of likely N-dealkylation sites (tertiary alicyclic amines) is 1. The maximum absolute atomic E-state index is 11.9. The van der Waals surface area contributed by atoms with Crippen LogP contribution in [0.3, 0.4) is 0 Å². The van der Waals surface area contributed by atoms with Gasteiger partial charge in [-0.15, -0.1) is 0 Å². The van der Waals surface area contributed by atoms with Gasteiger partial charge in [0.15, 0.2) is 5.96 Å². The van der Waals surface area contributed by atoms with E-state index < -0.39 is 0 Å². The van der Waals surface area contributed by atoms with Crippen LogP contribution < -0.4 is 10.6 Å². The van der Waals surface area contributed by atoms with E-state index in [4.69, 9.17) is 16.3 Å². The number of carbonyl (C=O) groups is 1. The van der Waals surface area contributed by atoms with Gasteiger partial charge in [-0.05, 0) is 24.1 Å². The summed E-state index contributed by atoms with van der Waals surface area (Å²) < 4.78 is 5.53. The number of hydrogen-bond donors (Lipinski definition) is 2. The standard InChI is InChI=1S/C21H32ClN5O2/c1-3-20(28)27-8-7-18(15-27)25-21(23-2)24-14-19(26-9-11-29-12-10-26)16-5-4-6-17(22)13-16/h4-6,13,18-19H,3,7-12,14-15H2,1-2H3,(H2,23,24,25). The van der Waals surface area contributed by atoms with Gasteiger partial charge in [0.1, 0.15) is 0 Å². The van der Waals surface area contributed by atoms with E-state index in [9.17, 15) is 4.79 Å². The Labute approximate surface area is 178 Å². The molecule has 0 bridgehead atoms. The molecular weight excluding hydrogens is 390 g/mol. The molecule has 7 nitrogen and oxygen atoms in total. The Morgan fingerprint density at radius 1 is 1.34 bits per heavy atom. The van der Waals surface area contributed by atoms with Gasteiger partial charge in [0.05, 0.1) is 19.3 Å². The Morgan fingerprint density at radius 3 is 2.83 bits per heavy atom. The van der Waals surface area contributed by atoms with Gasteiger partial charge in [-0.3, -0.25) is 14.7 Å². The molecule has 2 unspecified atom stereocenters. The fraction of sp³-hybridized carbons (Fsp3) is 0.619. The second kappa shape index (κ2) is 10.8. The van der Waals surface area contributed by atoms with Gasteiger partial charge < -0.3 is 20.3 Å². The molecule has 160 valence electrons. The van der Waals surface area contributed by atoms with Gasteiger partial charge in [0.25, 0.3) is 0 Å². The van der Waals surface area contributed by atoms with Crippen LogP contribution in [-0.4, -0.2) is 80.7 Å². The average Bonchev–Trinajstić information content (AvgIpc) is 3.22. The van der Waals surface area contributed by atoms with Crippen molar-refractivity contribution in [2.45, 2.75) is 31.8 Å². The van der Waals surface area contributed by atoms with E-state index in [1.807, 2.05) is 30.0 Å². The molecule has 2 aliphatic rings. The lowest BCUT2D eigenvalue weighted by Gasteiger charge is -2.35. The van der Waals surface area contributed by atoms with E-state index in [1.165, 1.54) is 5.56 Å². The molecule has 0 spiro atoms. The smallest absolute Gasteiger partial charge is 0.222 e. The van der Waals surface area contributed by atoms with Crippen LogP contribution >= 0.6 is 11.6 Å². The molecule has 2 fully saturated rings. The van der Waals surface area contributed by atoms with Gasteiger partial charge in [0.2, 0.25) is 5.91 Å². The summed E-state index contributed by atoms with van der Waals surface area (Å²) in [5.74, 6) is 0.978. The monoisotopic (exact) mass is 421 g/mol. The Kier molecular flexibility index (Phi) is 8.15. The number of rotatable bonds is 6. The van der Waals surface area contributed by atoms with Crippen molar-refractivity contribution in [2.75, 3.05) is 53.0 Å². The molecule has 2 saturated heterocycles. The second-order valence-electron chi connectivity index (χ2n) is 7.50. The van der Waals surface area contributed by atoms with E-state index in [1.54, 1.807) is 7.05 Å². The van der Waals surface area contributed by atoms with E-state index in [-0.39, 0.29) is 18.0 Å². The zero-order valence-corrected chi connectivity index (χ0v) is 18.1. The maximum atomic E-state index is 11.9.